The highest BCUT2D eigenvalue weighted by Gasteiger charge is 2.54. The molecule has 1 aromatic rings. The number of benzene rings is 1. The summed E-state index contributed by atoms with van der Waals surface area (Å²) in [5, 5.41) is -0.865. The van der Waals surface area contributed by atoms with Crippen molar-refractivity contribution in [1.82, 2.24) is 4.90 Å². The first-order valence-electron chi connectivity index (χ1n) is 10.1. The molecule has 190 valence electrons. The fourth-order valence-electron chi connectivity index (χ4n) is 4.02. The van der Waals surface area contributed by atoms with E-state index in [0.717, 1.165) is 18.7 Å². The summed E-state index contributed by atoms with van der Waals surface area (Å²) in [6.07, 6.45) is -1.29. The molecule has 0 N–H and O–H groups in total. The van der Waals surface area contributed by atoms with Crippen LogP contribution >= 0.6 is 46.4 Å². The molecule has 35 heavy (non-hydrogen) atoms. The van der Waals surface area contributed by atoms with Crippen LogP contribution in [0.25, 0.3) is 0 Å². The highest BCUT2D eigenvalue weighted by molar-refractivity contribution is 6.55. The Morgan fingerprint density at radius 2 is 1.40 bits per heavy atom. The maximum absolute atomic E-state index is 13.3. The molecule has 0 aliphatic carbocycles. The van der Waals surface area contributed by atoms with Gasteiger partial charge >= 0.3 is 17.9 Å². The Balaban J connectivity index is 2.02. The summed E-state index contributed by atoms with van der Waals surface area (Å²) >= 11 is 24.5. The molecule has 0 aromatic heterocycles. The van der Waals surface area contributed by atoms with Gasteiger partial charge in [-0.3, -0.25) is 28.9 Å². The Labute approximate surface area is 219 Å². The number of ether oxygens (including phenoxy) is 4. The predicted octanol–water partition coefficient (Wildman–Crippen LogP) is 3.48. The number of hydrogen-bond donors (Lipinski definition) is 0. The van der Waals surface area contributed by atoms with E-state index in [0.29, 0.717) is 0 Å². The quantitative estimate of drug-likeness (QED) is 0.166. The summed E-state index contributed by atoms with van der Waals surface area (Å²) in [5.41, 5.74) is -2.15. The molecule has 0 bridgehead atoms. The number of fused-ring (bicyclic) bond motifs is 1. The number of hydrogen-bond acceptors (Lipinski definition) is 9. The number of imide groups is 1. The number of carbonyl (C=O) groups is 5. The number of amides is 2. The van der Waals surface area contributed by atoms with Crippen LogP contribution in [0, 0.1) is 0 Å². The topological polar surface area (TPSA) is 126 Å². The molecule has 0 radical (unpaired) electrons. The van der Waals surface area contributed by atoms with Gasteiger partial charge < -0.3 is 18.9 Å². The van der Waals surface area contributed by atoms with Crippen molar-refractivity contribution in [1.29, 1.82) is 0 Å². The second kappa shape index (κ2) is 10.5. The number of nitrogens with zero attached hydrogens (tertiary/aromatic N) is 1. The van der Waals surface area contributed by atoms with Gasteiger partial charge in [-0.2, -0.15) is 0 Å². The van der Waals surface area contributed by atoms with Crippen LogP contribution in [0.1, 0.15) is 47.9 Å². The number of esters is 3. The molecule has 1 aromatic carbocycles. The van der Waals surface area contributed by atoms with Gasteiger partial charge in [-0.15, -0.1) is 0 Å². The van der Waals surface area contributed by atoms with Crippen molar-refractivity contribution in [3.8, 4) is 0 Å². The summed E-state index contributed by atoms with van der Waals surface area (Å²) in [6.45, 7) is 2.37. The third kappa shape index (κ3) is 5.22. The molecule has 0 spiro atoms. The average Bonchev–Trinajstić information content (AvgIpc) is 3.03. The fourth-order valence-corrected chi connectivity index (χ4v) is 5.04. The van der Waals surface area contributed by atoms with Gasteiger partial charge in [0.2, 0.25) is 0 Å². The zero-order chi connectivity index (χ0) is 26.2. The van der Waals surface area contributed by atoms with Crippen molar-refractivity contribution in [2.75, 3.05) is 19.8 Å². The largest absolute Gasteiger partial charge is 0.463 e. The molecule has 1 fully saturated rings. The van der Waals surface area contributed by atoms with Crippen LogP contribution in [0.3, 0.4) is 0 Å². The van der Waals surface area contributed by atoms with E-state index in [2.05, 4.69) is 0 Å². The van der Waals surface area contributed by atoms with Crippen LogP contribution in [0.15, 0.2) is 0 Å². The number of rotatable bonds is 6. The van der Waals surface area contributed by atoms with Crippen LogP contribution in [0.4, 0.5) is 0 Å². The van der Waals surface area contributed by atoms with E-state index in [9.17, 15) is 24.0 Å². The van der Waals surface area contributed by atoms with Gasteiger partial charge in [0, 0.05) is 27.2 Å². The number of carbonyl (C=O) groups excluding carboxylic acids is 5. The maximum atomic E-state index is 13.3. The SMILES string of the molecule is CC(=O)OCC1OCC(N2C(=O)c3c(Cl)c(Cl)c(Cl)c(Cl)c3C2=O)CC1(COC(C)=O)OC(C)=O. The van der Waals surface area contributed by atoms with Crippen LogP contribution in [0.2, 0.25) is 20.1 Å². The molecule has 3 unspecified atom stereocenters. The van der Waals surface area contributed by atoms with Gasteiger partial charge in [0.15, 0.2) is 5.60 Å². The molecule has 1 saturated heterocycles. The molecule has 0 saturated carbocycles. The summed E-state index contributed by atoms with van der Waals surface area (Å²) in [4.78, 5) is 62.3. The van der Waals surface area contributed by atoms with Crippen molar-refractivity contribution in [2.24, 2.45) is 0 Å². The summed E-state index contributed by atoms with van der Waals surface area (Å²) < 4.78 is 21.5. The Bertz CT molecular complexity index is 1080. The lowest BCUT2D eigenvalue weighted by atomic mass is 9.86. The number of halogens is 4. The van der Waals surface area contributed by atoms with Crippen molar-refractivity contribution >= 4 is 76.1 Å². The first-order valence-corrected chi connectivity index (χ1v) is 11.6. The molecular weight excluding hydrogens is 552 g/mol. The van der Waals surface area contributed by atoms with Crippen molar-refractivity contribution < 1.29 is 42.9 Å². The van der Waals surface area contributed by atoms with Gasteiger partial charge in [0.05, 0.1) is 43.9 Å². The van der Waals surface area contributed by atoms with Crippen molar-refractivity contribution in [3.63, 3.8) is 0 Å². The van der Waals surface area contributed by atoms with Gasteiger partial charge in [0.1, 0.15) is 19.3 Å². The minimum Gasteiger partial charge on any atom is -0.463 e. The molecule has 2 heterocycles. The molecule has 3 rings (SSSR count). The molecule has 14 heteroatoms. The highest BCUT2D eigenvalue weighted by Crippen LogP contribution is 2.46. The highest BCUT2D eigenvalue weighted by atomic mass is 35.5. The van der Waals surface area contributed by atoms with E-state index >= 15 is 0 Å². The molecule has 2 aliphatic rings. The minimum absolute atomic E-state index is 0.189. The molecule has 2 amide bonds. The Hall–Kier alpha value is -2.11. The van der Waals surface area contributed by atoms with Crippen LogP contribution in [-0.4, -0.2) is 72.2 Å². The summed E-state index contributed by atoms with van der Waals surface area (Å²) in [7, 11) is 0. The van der Waals surface area contributed by atoms with Crippen molar-refractivity contribution in [3.05, 3.63) is 31.2 Å². The molecular formula is C21H19Cl4NO9. The van der Waals surface area contributed by atoms with E-state index < -0.39 is 54.1 Å². The van der Waals surface area contributed by atoms with E-state index in [4.69, 9.17) is 65.4 Å². The fraction of sp³-hybridized carbons (Fsp3) is 0.476. The van der Waals surface area contributed by atoms with E-state index in [1.807, 2.05) is 0 Å². The normalized spacial score (nSPS) is 23.7. The van der Waals surface area contributed by atoms with Gasteiger partial charge in [-0.25, -0.2) is 0 Å². The lowest BCUT2D eigenvalue weighted by Gasteiger charge is -2.46. The average molecular weight is 571 g/mol. The Morgan fingerprint density at radius 3 is 1.86 bits per heavy atom. The smallest absolute Gasteiger partial charge is 0.303 e. The predicted molar refractivity (Wildman–Crippen MR) is 123 cm³/mol. The van der Waals surface area contributed by atoms with Gasteiger partial charge in [-0.1, -0.05) is 46.4 Å². The Morgan fingerprint density at radius 1 is 0.886 bits per heavy atom. The molecule has 3 atom stereocenters. The second-order valence-electron chi connectivity index (χ2n) is 7.91. The Kier molecular flexibility index (Phi) is 8.23. The van der Waals surface area contributed by atoms with E-state index in [1.54, 1.807) is 0 Å². The lowest BCUT2D eigenvalue weighted by molar-refractivity contribution is -0.222. The zero-order valence-corrected chi connectivity index (χ0v) is 21.6. The summed E-state index contributed by atoms with van der Waals surface area (Å²) in [6, 6.07) is -1.02. The lowest BCUT2D eigenvalue weighted by Crippen LogP contribution is -2.62. The molecule has 10 nitrogen and oxygen atoms in total. The first-order chi connectivity index (χ1) is 16.3. The minimum atomic E-state index is -1.70. The van der Waals surface area contributed by atoms with Crippen molar-refractivity contribution in [2.45, 2.75) is 44.9 Å². The van der Waals surface area contributed by atoms with Gasteiger partial charge in [-0.05, 0) is 0 Å². The maximum Gasteiger partial charge on any atom is 0.303 e. The molecule has 2 aliphatic heterocycles. The summed E-state index contributed by atoms with van der Waals surface area (Å²) in [5.74, 6) is -3.70. The standard InChI is InChI=1S/C21H19Cl4NO9/c1-8(27)32-6-12-21(35-10(3)29,7-34-9(2)28)4-11(5-33-12)26-19(30)13-14(20(26)31)16(23)18(25)17(24)15(13)22/h11-12H,4-7H2,1-3H3. The third-order valence-corrected chi connectivity index (χ3v) is 7.26. The van der Waals surface area contributed by atoms with Gasteiger partial charge in [0.25, 0.3) is 11.8 Å². The van der Waals surface area contributed by atoms with E-state index in [1.165, 1.54) is 6.92 Å². The second-order valence-corrected chi connectivity index (χ2v) is 9.42. The third-order valence-electron chi connectivity index (χ3n) is 5.46. The van der Waals surface area contributed by atoms with Crippen LogP contribution < -0.4 is 0 Å². The van der Waals surface area contributed by atoms with Crippen LogP contribution in [-0.2, 0) is 33.3 Å². The zero-order valence-electron chi connectivity index (χ0n) is 18.6. The first kappa shape index (κ1) is 27.5. The van der Waals surface area contributed by atoms with Crippen LogP contribution in [0.5, 0.6) is 0 Å². The van der Waals surface area contributed by atoms with E-state index in [-0.39, 0.29) is 50.9 Å². The monoisotopic (exact) mass is 569 g/mol.